The number of hydrogen-bond donors (Lipinski definition) is 2. The molecule has 7 nitrogen and oxygen atoms in total. The lowest BCUT2D eigenvalue weighted by molar-refractivity contribution is -0.140. The van der Waals surface area contributed by atoms with E-state index in [4.69, 9.17) is 9.26 Å². The number of aliphatic carboxylic acids is 1. The summed E-state index contributed by atoms with van der Waals surface area (Å²) in [5.74, 6) is 0.829. The van der Waals surface area contributed by atoms with Gasteiger partial charge in [0.25, 0.3) is 0 Å². The lowest BCUT2D eigenvalue weighted by atomic mass is 9.89. The smallest absolute Gasteiger partial charge is 0.314 e. The van der Waals surface area contributed by atoms with Crippen molar-refractivity contribution in [3.63, 3.8) is 0 Å². The number of benzene rings is 3. The molecule has 40 heavy (non-hydrogen) atoms. The molecule has 6 rings (SSSR count). The molecule has 0 amide bonds. The van der Waals surface area contributed by atoms with Gasteiger partial charge in [-0.25, -0.2) is 0 Å². The third-order valence-electron chi connectivity index (χ3n) is 7.38. The van der Waals surface area contributed by atoms with Crippen LogP contribution in [0.1, 0.15) is 29.7 Å². The van der Waals surface area contributed by atoms with Gasteiger partial charge >= 0.3 is 5.97 Å². The Hall–Kier alpha value is -4.91. The molecule has 1 aliphatic rings. The van der Waals surface area contributed by atoms with E-state index in [1.807, 2.05) is 91.9 Å². The summed E-state index contributed by atoms with van der Waals surface area (Å²) in [7, 11) is 0. The van der Waals surface area contributed by atoms with Gasteiger partial charge in [-0.3, -0.25) is 4.79 Å². The number of carboxylic acid groups (broad SMARTS) is 1. The molecule has 1 saturated carbocycles. The first-order valence-corrected chi connectivity index (χ1v) is 13.3. The number of carbonyl (C=O) groups is 1. The van der Waals surface area contributed by atoms with Gasteiger partial charge in [0.1, 0.15) is 17.2 Å². The number of pyridine rings is 1. The van der Waals surface area contributed by atoms with Crippen molar-refractivity contribution in [3.8, 4) is 28.3 Å². The second kappa shape index (κ2) is 10.7. The maximum absolute atomic E-state index is 12.1. The number of aryl methyl sites for hydroxylation is 1. The average Bonchev–Trinajstić information content (AvgIpc) is 3.73. The maximum Gasteiger partial charge on any atom is 0.314 e. The number of nitrogens with zero attached hydrogens (tertiary/aromatic N) is 2. The number of aromatic nitrogens is 2. The second-order valence-corrected chi connectivity index (χ2v) is 10.1. The Morgan fingerprint density at radius 3 is 2.42 bits per heavy atom. The first-order valence-electron chi connectivity index (χ1n) is 13.3. The number of rotatable bonds is 10. The van der Waals surface area contributed by atoms with Crippen molar-refractivity contribution < 1.29 is 19.2 Å². The SMILES string of the molecule is Cc1noc(-c2cc(C3(C(=O)O)CC3)ccc2-c2ccccc2)c1Nc1cccc(OCCc2ccccc2)n1. The van der Waals surface area contributed by atoms with E-state index >= 15 is 0 Å². The van der Waals surface area contributed by atoms with Gasteiger partial charge in [-0.1, -0.05) is 84.0 Å². The van der Waals surface area contributed by atoms with Crippen LogP contribution in [-0.4, -0.2) is 27.8 Å². The molecule has 1 fully saturated rings. The molecular weight excluding hydrogens is 502 g/mol. The van der Waals surface area contributed by atoms with Crippen LogP contribution in [0.5, 0.6) is 5.88 Å². The van der Waals surface area contributed by atoms with Gasteiger partial charge < -0.3 is 19.7 Å². The van der Waals surface area contributed by atoms with Crippen molar-refractivity contribution in [3.05, 3.63) is 114 Å². The third kappa shape index (κ3) is 5.06. The zero-order valence-corrected chi connectivity index (χ0v) is 22.1. The van der Waals surface area contributed by atoms with E-state index in [1.165, 1.54) is 5.56 Å². The van der Waals surface area contributed by atoms with Crippen molar-refractivity contribution in [1.82, 2.24) is 10.1 Å². The van der Waals surface area contributed by atoms with Gasteiger partial charge in [0, 0.05) is 18.1 Å². The predicted octanol–water partition coefficient (Wildman–Crippen LogP) is 7.19. The minimum absolute atomic E-state index is 0.510. The van der Waals surface area contributed by atoms with Crippen molar-refractivity contribution in [2.45, 2.75) is 31.6 Å². The van der Waals surface area contributed by atoms with Crippen LogP contribution in [0.15, 0.2) is 102 Å². The highest BCUT2D eigenvalue weighted by Crippen LogP contribution is 2.50. The quantitative estimate of drug-likeness (QED) is 0.197. The summed E-state index contributed by atoms with van der Waals surface area (Å²) in [5.41, 5.74) is 5.15. The molecule has 7 heteroatoms. The molecule has 2 N–H and O–H groups in total. The summed E-state index contributed by atoms with van der Waals surface area (Å²) in [4.78, 5) is 16.8. The van der Waals surface area contributed by atoms with E-state index in [0.29, 0.717) is 48.3 Å². The van der Waals surface area contributed by atoms with Crippen molar-refractivity contribution in [2.75, 3.05) is 11.9 Å². The summed E-state index contributed by atoms with van der Waals surface area (Å²) < 4.78 is 11.8. The zero-order valence-electron chi connectivity index (χ0n) is 22.1. The number of nitrogens with one attached hydrogen (secondary N) is 1. The number of carboxylic acids is 1. The molecule has 2 aromatic heterocycles. The molecule has 0 spiro atoms. The van der Waals surface area contributed by atoms with E-state index in [2.05, 4.69) is 27.6 Å². The fourth-order valence-electron chi connectivity index (χ4n) is 4.96. The van der Waals surface area contributed by atoms with Crippen LogP contribution >= 0.6 is 0 Å². The molecule has 0 unspecified atom stereocenters. The molecule has 2 heterocycles. The Bertz CT molecular complexity index is 1640. The molecule has 5 aromatic rings. The topological polar surface area (TPSA) is 97.5 Å². The van der Waals surface area contributed by atoms with Crippen LogP contribution in [0, 0.1) is 6.92 Å². The summed E-state index contributed by atoms with van der Waals surface area (Å²) in [6.07, 6.45) is 2.02. The predicted molar refractivity (Wildman–Crippen MR) is 154 cm³/mol. The molecule has 0 saturated heterocycles. The Morgan fingerprint density at radius 1 is 0.950 bits per heavy atom. The lowest BCUT2D eigenvalue weighted by Gasteiger charge is -2.16. The fraction of sp³-hybridized carbons (Fsp3) is 0.182. The van der Waals surface area contributed by atoms with E-state index in [-0.39, 0.29) is 0 Å². The maximum atomic E-state index is 12.1. The van der Waals surface area contributed by atoms with E-state index < -0.39 is 11.4 Å². The first-order chi connectivity index (χ1) is 19.5. The zero-order chi connectivity index (χ0) is 27.5. The highest BCUT2D eigenvalue weighted by Gasteiger charge is 2.52. The van der Waals surface area contributed by atoms with Crippen molar-refractivity contribution in [2.24, 2.45) is 0 Å². The monoisotopic (exact) mass is 531 g/mol. The Morgan fingerprint density at radius 2 is 1.70 bits per heavy atom. The molecule has 0 radical (unpaired) electrons. The highest BCUT2D eigenvalue weighted by atomic mass is 16.5. The molecule has 1 aliphatic carbocycles. The largest absolute Gasteiger partial charge is 0.481 e. The standard InChI is InChI=1S/C33H29N3O4/c1-22-30(35-28-13-8-14-29(34-28)39-20-17-23-9-4-2-5-10-23)31(40-36-22)27-21-25(33(18-19-33)32(37)38)15-16-26(27)24-11-6-3-7-12-24/h2-16,21H,17-20H2,1H3,(H,34,35)(H,37,38). The summed E-state index contributed by atoms with van der Waals surface area (Å²) in [5, 5.41) is 17.6. The lowest BCUT2D eigenvalue weighted by Crippen LogP contribution is -2.19. The second-order valence-electron chi connectivity index (χ2n) is 10.1. The minimum atomic E-state index is -0.848. The van der Waals surface area contributed by atoms with Gasteiger partial charge in [0.15, 0.2) is 5.76 Å². The molecule has 0 aliphatic heterocycles. The summed E-state index contributed by atoms with van der Waals surface area (Å²) in [6.45, 7) is 2.37. The Kier molecular flexibility index (Phi) is 6.78. The molecule has 0 atom stereocenters. The number of ether oxygens (including phenoxy) is 1. The van der Waals surface area contributed by atoms with Crippen LogP contribution in [0.25, 0.3) is 22.5 Å². The minimum Gasteiger partial charge on any atom is -0.481 e. The van der Waals surface area contributed by atoms with Gasteiger partial charge in [-0.15, -0.1) is 0 Å². The molecule has 3 aromatic carbocycles. The van der Waals surface area contributed by atoms with Crippen molar-refractivity contribution >= 4 is 17.5 Å². The van der Waals surface area contributed by atoms with Crippen LogP contribution in [0.3, 0.4) is 0 Å². The van der Waals surface area contributed by atoms with E-state index in [1.54, 1.807) is 0 Å². The molecule has 200 valence electrons. The van der Waals surface area contributed by atoms with Crippen LogP contribution in [-0.2, 0) is 16.6 Å². The van der Waals surface area contributed by atoms with Crippen LogP contribution in [0.4, 0.5) is 11.5 Å². The third-order valence-corrected chi connectivity index (χ3v) is 7.38. The van der Waals surface area contributed by atoms with Crippen LogP contribution in [0.2, 0.25) is 0 Å². The Balaban J connectivity index is 1.32. The average molecular weight is 532 g/mol. The summed E-state index contributed by atoms with van der Waals surface area (Å²) in [6, 6.07) is 31.5. The van der Waals surface area contributed by atoms with Gasteiger partial charge in [0.2, 0.25) is 5.88 Å². The number of hydrogen-bond acceptors (Lipinski definition) is 6. The van der Waals surface area contributed by atoms with Gasteiger partial charge in [0.05, 0.1) is 12.0 Å². The van der Waals surface area contributed by atoms with Gasteiger partial charge in [-0.2, -0.15) is 4.98 Å². The molecule has 0 bridgehead atoms. The Labute approximate surface area is 232 Å². The van der Waals surface area contributed by atoms with E-state index in [0.717, 1.165) is 28.7 Å². The van der Waals surface area contributed by atoms with Gasteiger partial charge in [-0.05, 0) is 54.2 Å². The first kappa shape index (κ1) is 25.4. The number of anilines is 2. The highest BCUT2D eigenvalue weighted by molar-refractivity contribution is 5.91. The fourth-order valence-corrected chi connectivity index (χ4v) is 4.96. The van der Waals surface area contributed by atoms with Crippen LogP contribution < -0.4 is 10.1 Å². The molecular formula is C33H29N3O4. The normalized spacial score (nSPS) is 13.5. The van der Waals surface area contributed by atoms with Crippen molar-refractivity contribution in [1.29, 1.82) is 0 Å². The summed E-state index contributed by atoms with van der Waals surface area (Å²) >= 11 is 0. The van der Waals surface area contributed by atoms with E-state index in [9.17, 15) is 9.90 Å².